The fourth-order valence-corrected chi connectivity index (χ4v) is 3.73. The fourth-order valence-electron chi connectivity index (χ4n) is 3.48. The van der Waals surface area contributed by atoms with Gasteiger partial charge in [-0.3, -0.25) is 14.5 Å². The summed E-state index contributed by atoms with van der Waals surface area (Å²) in [4.78, 5) is 40.9. The molecule has 2 N–H and O–H groups in total. The van der Waals surface area contributed by atoms with Gasteiger partial charge >= 0.3 is 6.03 Å². The molecular formula is C20H23ClN4O3. The molecule has 0 unspecified atom stereocenters. The lowest BCUT2D eigenvalue weighted by atomic mass is 9.95. The zero-order valence-corrected chi connectivity index (χ0v) is 16.6. The number of hydrogen-bond acceptors (Lipinski definition) is 3. The smallest absolute Gasteiger partial charge is 0.322 e. The Bertz CT molecular complexity index is 865. The number of benzene rings is 1. The maximum atomic E-state index is 13.2. The Hall–Kier alpha value is -2.80. The second-order valence-corrected chi connectivity index (χ2v) is 7.45. The lowest BCUT2D eigenvalue weighted by Crippen LogP contribution is -2.47. The summed E-state index contributed by atoms with van der Waals surface area (Å²) >= 11 is 6.33. The van der Waals surface area contributed by atoms with E-state index < -0.39 is 6.04 Å². The molecule has 0 aliphatic carbocycles. The van der Waals surface area contributed by atoms with Crippen LogP contribution < -0.4 is 10.6 Å². The molecule has 1 aromatic rings. The van der Waals surface area contributed by atoms with Crippen LogP contribution in [0, 0.1) is 0 Å². The van der Waals surface area contributed by atoms with Crippen molar-refractivity contribution in [1.29, 1.82) is 0 Å². The minimum absolute atomic E-state index is 0.0239. The summed E-state index contributed by atoms with van der Waals surface area (Å²) < 4.78 is 0. The average Bonchev–Trinajstić information content (AvgIpc) is 2.93. The molecule has 0 saturated heterocycles. The van der Waals surface area contributed by atoms with Crippen LogP contribution in [0.1, 0.15) is 25.5 Å². The van der Waals surface area contributed by atoms with Gasteiger partial charge in [-0.05, 0) is 25.5 Å². The Labute approximate surface area is 169 Å². The molecule has 0 bridgehead atoms. The predicted molar refractivity (Wildman–Crippen MR) is 107 cm³/mol. The van der Waals surface area contributed by atoms with Crippen LogP contribution in [0.4, 0.5) is 4.79 Å². The highest BCUT2D eigenvalue weighted by atomic mass is 35.5. The SMILES string of the molecule is C=CCN1C(=O)N[C@@H](c2ccccc2Cl)C2=C1CN(CC(=O)NC(C)C)C2=O. The summed E-state index contributed by atoms with van der Waals surface area (Å²) in [5.41, 5.74) is 1.66. The van der Waals surface area contributed by atoms with Crippen molar-refractivity contribution in [2.75, 3.05) is 19.6 Å². The van der Waals surface area contributed by atoms with Gasteiger partial charge in [-0.15, -0.1) is 6.58 Å². The summed E-state index contributed by atoms with van der Waals surface area (Å²) in [5.74, 6) is -0.528. The van der Waals surface area contributed by atoms with Gasteiger partial charge in [0, 0.05) is 17.6 Å². The van der Waals surface area contributed by atoms with Gasteiger partial charge in [-0.25, -0.2) is 4.79 Å². The number of hydrogen-bond donors (Lipinski definition) is 2. The van der Waals surface area contributed by atoms with Crippen LogP contribution in [-0.2, 0) is 9.59 Å². The van der Waals surface area contributed by atoms with E-state index in [0.29, 0.717) is 21.9 Å². The van der Waals surface area contributed by atoms with E-state index in [1.807, 2.05) is 13.8 Å². The molecule has 7 nitrogen and oxygen atoms in total. The molecule has 0 radical (unpaired) electrons. The number of carbonyl (C=O) groups excluding carboxylic acids is 3. The minimum Gasteiger partial charge on any atom is -0.352 e. The van der Waals surface area contributed by atoms with Crippen molar-refractivity contribution < 1.29 is 14.4 Å². The molecule has 148 valence electrons. The van der Waals surface area contributed by atoms with E-state index >= 15 is 0 Å². The standard InChI is InChI=1S/C20H23ClN4O3/c1-4-9-25-15-10-24(11-16(26)22-12(2)3)19(27)17(15)18(23-20(25)28)13-7-5-6-8-14(13)21/h4-8,12,18H,1,9-11H2,2-3H3,(H,22,26)(H,23,28)/t18-/m0/s1. The summed E-state index contributed by atoms with van der Waals surface area (Å²) in [6, 6.07) is 6.07. The molecule has 8 heteroatoms. The number of nitrogens with one attached hydrogen (secondary N) is 2. The zero-order valence-electron chi connectivity index (χ0n) is 15.9. The monoisotopic (exact) mass is 402 g/mol. The first kappa shape index (κ1) is 19.9. The van der Waals surface area contributed by atoms with Crippen molar-refractivity contribution in [3.63, 3.8) is 0 Å². The van der Waals surface area contributed by atoms with E-state index in [4.69, 9.17) is 11.6 Å². The summed E-state index contributed by atoms with van der Waals surface area (Å²) in [6.07, 6.45) is 1.60. The predicted octanol–water partition coefficient (Wildman–Crippen LogP) is 2.21. The largest absolute Gasteiger partial charge is 0.352 e. The number of urea groups is 1. The molecule has 4 amide bonds. The number of nitrogens with zero attached hydrogens (tertiary/aromatic N) is 2. The van der Waals surface area contributed by atoms with Gasteiger partial charge in [0.1, 0.15) is 6.54 Å². The molecule has 2 heterocycles. The van der Waals surface area contributed by atoms with Crippen molar-refractivity contribution >= 4 is 29.4 Å². The topological polar surface area (TPSA) is 81.8 Å². The molecular weight excluding hydrogens is 380 g/mol. The van der Waals surface area contributed by atoms with Crippen LogP contribution in [0.15, 0.2) is 48.2 Å². The van der Waals surface area contributed by atoms with Crippen molar-refractivity contribution in [3.8, 4) is 0 Å². The third kappa shape index (κ3) is 3.75. The van der Waals surface area contributed by atoms with Gasteiger partial charge in [0.15, 0.2) is 0 Å². The molecule has 0 fully saturated rings. The lowest BCUT2D eigenvalue weighted by Gasteiger charge is -2.33. The van der Waals surface area contributed by atoms with Gasteiger partial charge in [-0.1, -0.05) is 35.9 Å². The van der Waals surface area contributed by atoms with E-state index in [-0.39, 0.29) is 43.5 Å². The fraction of sp³-hybridized carbons (Fsp3) is 0.350. The van der Waals surface area contributed by atoms with Crippen molar-refractivity contribution in [3.05, 3.63) is 58.8 Å². The first-order chi connectivity index (χ1) is 13.3. The molecule has 0 aromatic heterocycles. The van der Waals surface area contributed by atoms with E-state index in [1.165, 1.54) is 9.80 Å². The van der Waals surface area contributed by atoms with Gasteiger partial charge in [0.2, 0.25) is 5.91 Å². The van der Waals surface area contributed by atoms with Crippen LogP contribution in [0.25, 0.3) is 0 Å². The quantitative estimate of drug-likeness (QED) is 0.716. The van der Waals surface area contributed by atoms with Crippen molar-refractivity contribution in [2.24, 2.45) is 0 Å². The Kier molecular flexibility index (Phi) is 5.74. The Balaban J connectivity index is 1.97. The van der Waals surface area contributed by atoms with Crippen LogP contribution in [0.2, 0.25) is 5.02 Å². The molecule has 1 atom stereocenters. The maximum absolute atomic E-state index is 13.2. The normalized spacial score (nSPS) is 19.1. The summed E-state index contributed by atoms with van der Waals surface area (Å²) in [6.45, 7) is 7.77. The highest BCUT2D eigenvalue weighted by Crippen LogP contribution is 2.38. The van der Waals surface area contributed by atoms with E-state index in [2.05, 4.69) is 17.2 Å². The first-order valence-electron chi connectivity index (χ1n) is 9.08. The summed E-state index contributed by atoms with van der Waals surface area (Å²) in [7, 11) is 0. The Morgan fingerprint density at radius 3 is 2.75 bits per heavy atom. The number of carbonyl (C=O) groups is 3. The molecule has 1 aromatic carbocycles. The minimum atomic E-state index is -0.664. The number of rotatable bonds is 6. The van der Waals surface area contributed by atoms with Crippen LogP contribution in [-0.4, -0.2) is 53.3 Å². The zero-order chi connectivity index (χ0) is 20.4. The van der Waals surface area contributed by atoms with Gasteiger partial charge in [0.05, 0.1) is 23.9 Å². The molecule has 0 spiro atoms. The van der Waals surface area contributed by atoms with E-state index in [1.54, 1.807) is 30.3 Å². The van der Waals surface area contributed by atoms with Crippen LogP contribution in [0.3, 0.4) is 0 Å². The molecule has 0 saturated carbocycles. The average molecular weight is 403 g/mol. The van der Waals surface area contributed by atoms with E-state index in [9.17, 15) is 14.4 Å². The molecule has 2 aliphatic heterocycles. The van der Waals surface area contributed by atoms with Crippen LogP contribution in [0.5, 0.6) is 0 Å². The Morgan fingerprint density at radius 1 is 1.39 bits per heavy atom. The van der Waals surface area contributed by atoms with Crippen molar-refractivity contribution in [1.82, 2.24) is 20.4 Å². The van der Waals surface area contributed by atoms with Crippen LogP contribution >= 0.6 is 11.6 Å². The number of halogens is 1. The highest BCUT2D eigenvalue weighted by Gasteiger charge is 2.44. The summed E-state index contributed by atoms with van der Waals surface area (Å²) in [5, 5.41) is 6.11. The molecule has 2 aliphatic rings. The first-order valence-corrected chi connectivity index (χ1v) is 9.46. The lowest BCUT2D eigenvalue weighted by molar-refractivity contribution is -0.132. The second kappa shape index (κ2) is 8.06. The van der Waals surface area contributed by atoms with Crippen molar-refractivity contribution in [2.45, 2.75) is 25.9 Å². The van der Waals surface area contributed by atoms with Gasteiger partial charge < -0.3 is 15.5 Å². The number of amides is 4. The molecule has 28 heavy (non-hydrogen) atoms. The molecule has 3 rings (SSSR count). The Morgan fingerprint density at radius 2 is 2.11 bits per heavy atom. The second-order valence-electron chi connectivity index (χ2n) is 7.05. The maximum Gasteiger partial charge on any atom is 0.322 e. The highest BCUT2D eigenvalue weighted by molar-refractivity contribution is 6.31. The van der Waals surface area contributed by atoms with Gasteiger partial charge in [0.25, 0.3) is 5.91 Å². The third-order valence-corrected chi connectivity index (χ3v) is 4.95. The van der Waals surface area contributed by atoms with Gasteiger partial charge in [-0.2, -0.15) is 0 Å². The van der Waals surface area contributed by atoms with E-state index in [0.717, 1.165) is 0 Å². The third-order valence-electron chi connectivity index (χ3n) is 4.61.